The summed E-state index contributed by atoms with van der Waals surface area (Å²) in [6, 6.07) is 5.22. The lowest BCUT2D eigenvalue weighted by Crippen LogP contribution is -2.36. The van der Waals surface area contributed by atoms with Gasteiger partial charge in [-0.15, -0.1) is 11.3 Å². The zero-order valence-electron chi connectivity index (χ0n) is 10.5. The molecule has 0 aliphatic carbocycles. The maximum atomic E-state index is 13.1. The van der Waals surface area contributed by atoms with Crippen LogP contribution >= 0.6 is 27.3 Å². The number of carbonyl (C=O) groups excluding carboxylic acids is 1. The first-order valence-corrected chi connectivity index (χ1v) is 7.43. The van der Waals surface area contributed by atoms with E-state index in [1.807, 2.05) is 0 Å². The summed E-state index contributed by atoms with van der Waals surface area (Å²) in [5.41, 5.74) is 0.211. The van der Waals surface area contributed by atoms with Crippen molar-refractivity contribution >= 4 is 45.0 Å². The Balaban J connectivity index is 2.10. The van der Waals surface area contributed by atoms with Crippen molar-refractivity contribution in [2.45, 2.75) is 6.04 Å². The molecule has 3 N–H and O–H groups in total. The van der Waals surface area contributed by atoms with Gasteiger partial charge in [0.25, 0.3) is 0 Å². The summed E-state index contributed by atoms with van der Waals surface area (Å²) in [5.74, 6) is -1.69. The number of nitrogens with one attached hydrogen (secondary N) is 2. The SMILES string of the molecule is O=C(Nc1cc(F)ccc1Br)NC(C(=O)O)c1cccs1. The highest BCUT2D eigenvalue weighted by Gasteiger charge is 2.23. The molecule has 0 aliphatic heterocycles. The van der Waals surface area contributed by atoms with Gasteiger partial charge >= 0.3 is 12.0 Å². The van der Waals surface area contributed by atoms with Crippen molar-refractivity contribution in [3.8, 4) is 0 Å². The number of carboxylic acids is 1. The molecule has 2 rings (SSSR count). The number of halogens is 2. The van der Waals surface area contributed by atoms with Crippen LogP contribution in [0.2, 0.25) is 0 Å². The van der Waals surface area contributed by atoms with Gasteiger partial charge in [0, 0.05) is 9.35 Å². The Hall–Kier alpha value is -1.93. The van der Waals surface area contributed by atoms with E-state index in [9.17, 15) is 14.0 Å². The van der Waals surface area contributed by atoms with Crippen molar-refractivity contribution in [1.29, 1.82) is 0 Å². The summed E-state index contributed by atoms with van der Waals surface area (Å²) in [5, 5.41) is 15.6. The van der Waals surface area contributed by atoms with Gasteiger partial charge in [0.2, 0.25) is 0 Å². The zero-order chi connectivity index (χ0) is 15.4. The first-order chi connectivity index (χ1) is 9.97. The lowest BCUT2D eigenvalue weighted by Gasteiger charge is -2.14. The van der Waals surface area contributed by atoms with Crippen molar-refractivity contribution in [3.63, 3.8) is 0 Å². The molecule has 2 aromatic rings. The molecule has 0 fully saturated rings. The van der Waals surface area contributed by atoms with Crippen molar-refractivity contribution < 1.29 is 19.1 Å². The van der Waals surface area contributed by atoms with E-state index in [4.69, 9.17) is 5.11 Å². The third kappa shape index (κ3) is 4.02. The topological polar surface area (TPSA) is 78.4 Å². The number of rotatable bonds is 4. The van der Waals surface area contributed by atoms with Gasteiger partial charge in [-0.25, -0.2) is 14.0 Å². The van der Waals surface area contributed by atoms with Gasteiger partial charge < -0.3 is 15.7 Å². The number of urea groups is 1. The molecule has 110 valence electrons. The van der Waals surface area contributed by atoms with E-state index in [1.54, 1.807) is 17.5 Å². The molecule has 1 unspecified atom stereocenters. The quantitative estimate of drug-likeness (QED) is 0.766. The average Bonchev–Trinajstić information content (AvgIpc) is 2.93. The molecule has 0 spiro atoms. The number of thiophene rings is 1. The molecule has 1 aromatic heterocycles. The number of aliphatic carboxylic acids is 1. The minimum atomic E-state index is -1.18. The summed E-state index contributed by atoms with van der Waals surface area (Å²) >= 11 is 4.39. The van der Waals surface area contributed by atoms with Crippen LogP contribution < -0.4 is 10.6 Å². The van der Waals surface area contributed by atoms with Gasteiger partial charge in [-0.05, 0) is 45.6 Å². The monoisotopic (exact) mass is 372 g/mol. The fourth-order valence-corrected chi connectivity index (χ4v) is 2.71. The van der Waals surface area contributed by atoms with Crippen LogP contribution in [0.15, 0.2) is 40.2 Å². The highest BCUT2D eigenvalue weighted by Crippen LogP contribution is 2.24. The minimum Gasteiger partial charge on any atom is -0.479 e. The van der Waals surface area contributed by atoms with Gasteiger partial charge in [-0.2, -0.15) is 0 Å². The third-order valence-corrected chi connectivity index (χ3v) is 4.16. The minimum absolute atomic E-state index is 0.211. The second-order valence-electron chi connectivity index (χ2n) is 4.01. The second-order valence-corrected chi connectivity index (χ2v) is 5.84. The smallest absolute Gasteiger partial charge is 0.331 e. The van der Waals surface area contributed by atoms with Crippen molar-refractivity contribution in [2.24, 2.45) is 0 Å². The van der Waals surface area contributed by atoms with Crippen LogP contribution in [0, 0.1) is 5.82 Å². The van der Waals surface area contributed by atoms with Crippen molar-refractivity contribution in [1.82, 2.24) is 5.32 Å². The number of amides is 2. The molecule has 2 amide bonds. The van der Waals surface area contributed by atoms with Crippen LogP contribution in [0.25, 0.3) is 0 Å². The molecule has 0 aliphatic rings. The number of carboxylic acid groups (broad SMARTS) is 1. The van der Waals surface area contributed by atoms with Gasteiger partial charge in [0.05, 0.1) is 5.69 Å². The van der Waals surface area contributed by atoms with Crippen LogP contribution in [0.1, 0.15) is 10.9 Å². The summed E-state index contributed by atoms with van der Waals surface area (Å²) in [4.78, 5) is 23.6. The lowest BCUT2D eigenvalue weighted by atomic mass is 10.2. The van der Waals surface area contributed by atoms with Gasteiger partial charge in [0.15, 0.2) is 6.04 Å². The first-order valence-electron chi connectivity index (χ1n) is 5.76. The van der Waals surface area contributed by atoms with Crippen LogP contribution in [0.4, 0.5) is 14.9 Å². The van der Waals surface area contributed by atoms with E-state index >= 15 is 0 Å². The molecule has 1 atom stereocenters. The molecule has 0 saturated carbocycles. The second kappa shape index (κ2) is 6.68. The Kier molecular flexibility index (Phi) is 4.92. The predicted molar refractivity (Wildman–Crippen MR) is 81.0 cm³/mol. The molecule has 0 bridgehead atoms. The summed E-state index contributed by atoms with van der Waals surface area (Å²) in [6.45, 7) is 0. The number of hydrogen-bond acceptors (Lipinski definition) is 3. The standard InChI is InChI=1S/C13H10BrFN2O3S/c14-8-4-3-7(15)6-9(8)16-13(20)17-11(12(18)19)10-2-1-5-21-10/h1-6,11H,(H,18,19)(H2,16,17,20). The van der Waals surface area contributed by atoms with Crippen LogP contribution in [-0.4, -0.2) is 17.1 Å². The lowest BCUT2D eigenvalue weighted by molar-refractivity contribution is -0.139. The molecule has 8 heteroatoms. The summed E-state index contributed by atoms with van der Waals surface area (Å²) < 4.78 is 13.6. The van der Waals surface area contributed by atoms with E-state index in [-0.39, 0.29) is 5.69 Å². The van der Waals surface area contributed by atoms with Crippen LogP contribution in [-0.2, 0) is 4.79 Å². The Bertz CT molecular complexity index is 663. The number of hydrogen-bond donors (Lipinski definition) is 3. The fraction of sp³-hybridized carbons (Fsp3) is 0.0769. The van der Waals surface area contributed by atoms with Crippen LogP contribution in [0.5, 0.6) is 0 Å². The highest BCUT2D eigenvalue weighted by molar-refractivity contribution is 9.10. The molecule has 1 aromatic carbocycles. The Morgan fingerprint density at radius 1 is 1.33 bits per heavy atom. The molecule has 0 saturated heterocycles. The zero-order valence-corrected chi connectivity index (χ0v) is 12.9. The summed E-state index contributed by atoms with van der Waals surface area (Å²) in [7, 11) is 0. The van der Waals surface area contributed by atoms with Crippen LogP contribution in [0.3, 0.4) is 0 Å². The van der Waals surface area contributed by atoms with E-state index in [2.05, 4.69) is 26.6 Å². The molecule has 21 heavy (non-hydrogen) atoms. The van der Waals surface area contributed by atoms with E-state index in [1.165, 1.54) is 23.5 Å². The maximum absolute atomic E-state index is 13.1. The van der Waals surface area contributed by atoms with Gasteiger partial charge in [-0.3, -0.25) is 0 Å². The Morgan fingerprint density at radius 3 is 2.71 bits per heavy atom. The van der Waals surface area contributed by atoms with E-state index in [0.29, 0.717) is 9.35 Å². The highest BCUT2D eigenvalue weighted by atomic mass is 79.9. The number of benzene rings is 1. The maximum Gasteiger partial charge on any atom is 0.331 e. The molecule has 0 radical (unpaired) electrons. The first kappa shape index (κ1) is 15.5. The Labute approximate surface area is 131 Å². The Morgan fingerprint density at radius 2 is 2.10 bits per heavy atom. The van der Waals surface area contributed by atoms with Crippen molar-refractivity contribution in [3.05, 3.63) is 50.9 Å². The van der Waals surface area contributed by atoms with Crippen molar-refractivity contribution in [2.75, 3.05) is 5.32 Å². The fourth-order valence-electron chi connectivity index (χ4n) is 1.59. The van der Waals surface area contributed by atoms with E-state index in [0.717, 1.165) is 6.07 Å². The van der Waals surface area contributed by atoms with Gasteiger partial charge in [-0.1, -0.05) is 6.07 Å². The molecule has 5 nitrogen and oxygen atoms in total. The average molecular weight is 373 g/mol. The number of carbonyl (C=O) groups is 2. The number of anilines is 1. The molecule has 1 heterocycles. The molecular formula is C13H10BrFN2O3S. The third-order valence-electron chi connectivity index (χ3n) is 2.53. The summed E-state index contributed by atoms with van der Waals surface area (Å²) in [6.07, 6.45) is 0. The normalized spacial score (nSPS) is 11.7. The molecular weight excluding hydrogens is 363 g/mol. The largest absolute Gasteiger partial charge is 0.479 e. The predicted octanol–water partition coefficient (Wildman–Crippen LogP) is 3.60. The van der Waals surface area contributed by atoms with Gasteiger partial charge in [0.1, 0.15) is 5.82 Å². The van der Waals surface area contributed by atoms with E-state index < -0.39 is 23.9 Å².